The van der Waals surface area contributed by atoms with E-state index >= 15 is 0 Å². The van der Waals surface area contributed by atoms with Gasteiger partial charge >= 0.3 is 0 Å². The van der Waals surface area contributed by atoms with E-state index in [1.165, 1.54) is 29.4 Å². The first-order valence-corrected chi connectivity index (χ1v) is 8.59. The Labute approximate surface area is 121 Å². The van der Waals surface area contributed by atoms with Gasteiger partial charge in [-0.15, -0.1) is 0 Å². The Balaban J connectivity index is 2.04. The van der Waals surface area contributed by atoms with Gasteiger partial charge in [0.05, 0.1) is 0 Å². The van der Waals surface area contributed by atoms with E-state index < -0.39 is 0 Å². The highest BCUT2D eigenvalue weighted by atomic mass is 35.5. The minimum absolute atomic E-state index is 0.271. The fourth-order valence-corrected chi connectivity index (χ4v) is 5.25. The van der Waals surface area contributed by atoms with E-state index in [1.54, 1.807) is 6.07 Å². The summed E-state index contributed by atoms with van der Waals surface area (Å²) in [5, 5.41) is 4.51. The third-order valence-electron chi connectivity index (χ3n) is 3.12. The molecule has 1 N–H and O–H groups in total. The monoisotopic (exact) mass is 305 g/mol. The van der Waals surface area contributed by atoms with Gasteiger partial charge in [0.25, 0.3) is 0 Å². The van der Waals surface area contributed by atoms with Crippen molar-refractivity contribution in [3.8, 4) is 0 Å². The van der Waals surface area contributed by atoms with Gasteiger partial charge in [0.2, 0.25) is 0 Å². The molecule has 5 heteroatoms. The summed E-state index contributed by atoms with van der Waals surface area (Å²) in [5.41, 5.74) is 1.02. The number of rotatable bonds is 4. The maximum Gasteiger partial charge on any atom is 0.124 e. The molecule has 18 heavy (non-hydrogen) atoms. The average Bonchev–Trinajstić information content (AvgIpc) is 2.39. The summed E-state index contributed by atoms with van der Waals surface area (Å²) in [6, 6.07) is 5.07. The summed E-state index contributed by atoms with van der Waals surface area (Å²) >= 11 is 10.1. The molecule has 1 saturated heterocycles. The molecule has 2 rings (SSSR count). The van der Waals surface area contributed by atoms with Crippen LogP contribution in [0, 0.1) is 5.82 Å². The third-order valence-corrected chi connectivity index (χ3v) is 6.39. The summed E-state index contributed by atoms with van der Waals surface area (Å²) in [4.78, 5) is 0. The van der Waals surface area contributed by atoms with Crippen LogP contribution in [0.15, 0.2) is 18.2 Å². The van der Waals surface area contributed by atoms with Crippen molar-refractivity contribution in [3.63, 3.8) is 0 Å². The topological polar surface area (TPSA) is 12.0 Å². The lowest BCUT2D eigenvalue weighted by Crippen LogP contribution is -2.40. The summed E-state index contributed by atoms with van der Waals surface area (Å²) in [7, 11) is 1.99. The number of hydrogen-bond acceptors (Lipinski definition) is 3. The zero-order valence-electron chi connectivity index (χ0n) is 10.3. The van der Waals surface area contributed by atoms with Crippen molar-refractivity contribution in [2.45, 2.75) is 17.7 Å². The maximum absolute atomic E-state index is 13.0. The highest BCUT2D eigenvalue weighted by Crippen LogP contribution is 2.29. The van der Waals surface area contributed by atoms with Crippen molar-refractivity contribution < 1.29 is 4.39 Å². The van der Waals surface area contributed by atoms with E-state index in [9.17, 15) is 4.39 Å². The van der Waals surface area contributed by atoms with Crippen LogP contribution in [0.3, 0.4) is 0 Å². The Morgan fingerprint density at radius 2 is 2.33 bits per heavy atom. The molecule has 1 fully saturated rings. The molecule has 1 heterocycles. The lowest BCUT2D eigenvalue weighted by atomic mass is 10.0. The Morgan fingerprint density at radius 1 is 1.50 bits per heavy atom. The predicted octanol–water partition coefficient (Wildman–Crippen LogP) is 3.46. The second-order valence-corrected chi connectivity index (χ2v) is 7.22. The third kappa shape index (κ3) is 3.80. The molecule has 2 atom stereocenters. The molecule has 1 aromatic carbocycles. The zero-order chi connectivity index (χ0) is 13.0. The van der Waals surface area contributed by atoms with Gasteiger partial charge in [0.15, 0.2) is 0 Å². The van der Waals surface area contributed by atoms with Gasteiger partial charge in [0, 0.05) is 33.6 Å². The number of halogens is 2. The van der Waals surface area contributed by atoms with E-state index in [1.807, 2.05) is 30.6 Å². The molecule has 0 bridgehead atoms. The molecule has 2 unspecified atom stereocenters. The summed E-state index contributed by atoms with van der Waals surface area (Å²) in [6.45, 7) is 0. The number of benzene rings is 1. The molecule has 0 aromatic heterocycles. The molecule has 0 radical (unpaired) electrons. The molecular weight excluding hydrogens is 289 g/mol. The molecular formula is C13H17ClFNS2. The first-order chi connectivity index (χ1) is 8.70. The van der Waals surface area contributed by atoms with Crippen LogP contribution in [-0.4, -0.2) is 35.6 Å². The normalized spacial score (nSPS) is 21.8. The molecule has 100 valence electrons. The lowest BCUT2D eigenvalue weighted by molar-refractivity contribution is 0.556. The Kier molecular flexibility index (Phi) is 5.67. The van der Waals surface area contributed by atoms with Crippen LogP contribution in [0.2, 0.25) is 5.02 Å². The minimum atomic E-state index is -0.271. The fraction of sp³-hybridized carbons (Fsp3) is 0.538. The van der Waals surface area contributed by atoms with Gasteiger partial charge in [-0.3, -0.25) is 0 Å². The Hall–Kier alpha value is 0.1000. The van der Waals surface area contributed by atoms with E-state index in [0.29, 0.717) is 16.3 Å². The van der Waals surface area contributed by atoms with Crippen LogP contribution in [0.1, 0.15) is 5.56 Å². The number of likely N-dealkylation sites (N-methyl/N-ethyl adjacent to an activating group) is 1. The van der Waals surface area contributed by atoms with Crippen LogP contribution in [0.4, 0.5) is 4.39 Å². The lowest BCUT2D eigenvalue weighted by Gasteiger charge is -2.29. The SMILES string of the molecule is CNC(Cc1ccc(F)cc1Cl)C1CSCCS1. The second-order valence-electron chi connectivity index (χ2n) is 4.32. The van der Waals surface area contributed by atoms with Crippen molar-refractivity contribution in [3.05, 3.63) is 34.6 Å². The number of thioether (sulfide) groups is 2. The molecule has 1 aromatic rings. The van der Waals surface area contributed by atoms with E-state index in [2.05, 4.69) is 5.32 Å². The van der Waals surface area contributed by atoms with Crippen molar-refractivity contribution in [1.29, 1.82) is 0 Å². The van der Waals surface area contributed by atoms with Gasteiger partial charge < -0.3 is 5.32 Å². The predicted molar refractivity (Wildman–Crippen MR) is 81.5 cm³/mol. The van der Waals surface area contributed by atoms with Crippen LogP contribution >= 0.6 is 35.1 Å². The Bertz CT molecular complexity index is 397. The van der Waals surface area contributed by atoms with Crippen LogP contribution in [-0.2, 0) is 6.42 Å². The van der Waals surface area contributed by atoms with Crippen LogP contribution in [0.25, 0.3) is 0 Å². The molecule has 1 aliphatic heterocycles. The highest BCUT2D eigenvalue weighted by Gasteiger charge is 2.24. The van der Waals surface area contributed by atoms with Crippen molar-refractivity contribution in [1.82, 2.24) is 5.32 Å². The molecule has 0 spiro atoms. The van der Waals surface area contributed by atoms with Gasteiger partial charge in [-0.2, -0.15) is 23.5 Å². The first kappa shape index (κ1) is 14.5. The summed E-state index contributed by atoms with van der Waals surface area (Å²) < 4.78 is 13.0. The number of hydrogen-bond donors (Lipinski definition) is 1. The molecule has 0 amide bonds. The van der Waals surface area contributed by atoms with Gasteiger partial charge in [0.1, 0.15) is 5.82 Å². The first-order valence-electron chi connectivity index (χ1n) is 6.01. The largest absolute Gasteiger partial charge is 0.316 e. The molecule has 0 saturated carbocycles. The highest BCUT2D eigenvalue weighted by molar-refractivity contribution is 8.06. The fourth-order valence-electron chi connectivity index (χ4n) is 2.08. The van der Waals surface area contributed by atoms with E-state index in [4.69, 9.17) is 11.6 Å². The van der Waals surface area contributed by atoms with Gasteiger partial charge in [-0.1, -0.05) is 17.7 Å². The van der Waals surface area contributed by atoms with Crippen LogP contribution in [0.5, 0.6) is 0 Å². The summed E-state index contributed by atoms with van der Waals surface area (Å²) in [5.74, 6) is 3.36. The van der Waals surface area contributed by atoms with E-state index in [-0.39, 0.29) is 5.82 Å². The minimum Gasteiger partial charge on any atom is -0.316 e. The van der Waals surface area contributed by atoms with Crippen molar-refractivity contribution >= 4 is 35.1 Å². The summed E-state index contributed by atoms with van der Waals surface area (Å²) in [6.07, 6.45) is 0.855. The van der Waals surface area contributed by atoms with E-state index in [0.717, 1.165) is 12.0 Å². The van der Waals surface area contributed by atoms with Crippen LogP contribution < -0.4 is 5.32 Å². The average molecular weight is 306 g/mol. The zero-order valence-corrected chi connectivity index (χ0v) is 12.7. The van der Waals surface area contributed by atoms with Gasteiger partial charge in [-0.25, -0.2) is 4.39 Å². The standard InChI is InChI=1S/C13H17ClFNS2/c1-16-12(13-8-17-4-5-18-13)6-9-2-3-10(15)7-11(9)14/h2-3,7,12-13,16H,4-6,8H2,1H3. The number of nitrogens with one attached hydrogen (secondary N) is 1. The Morgan fingerprint density at radius 3 is 2.94 bits per heavy atom. The quantitative estimate of drug-likeness (QED) is 0.915. The maximum atomic E-state index is 13.0. The van der Waals surface area contributed by atoms with Crippen molar-refractivity contribution in [2.24, 2.45) is 0 Å². The molecule has 0 aliphatic carbocycles. The second kappa shape index (κ2) is 7.04. The van der Waals surface area contributed by atoms with Crippen molar-refractivity contribution in [2.75, 3.05) is 24.3 Å². The smallest absolute Gasteiger partial charge is 0.124 e. The molecule has 1 aliphatic rings. The van der Waals surface area contributed by atoms with Gasteiger partial charge in [-0.05, 0) is 31.2 Å². The molecule has 1 nitrogen and oxygen atoms in total.